The predicted molar refractivity (Wildman–Crippen MR) is 63.2 cm³/mol. The first-order valence-corrected chi connectivity index (χ1v) is 5.43. The van der Waals surface area contributed by atoms with Crippen LogP contribution in [0.15, 0.2) is 24.3 Å². The zero-order valence-electron chi connectivity index (χ0n) is 10.4. The van der Waals surface area contributed by atoms with Crippen LogP contribution in [0.1, 0.15) is 25.0 Å². The molecule has 0 aliphatic rings. The van der Waals surface area contributed by atoms with Gasteiger partial charge in [0.1, 0.15) is 5.60 Å². The normalized spacial score (nSPS) is 15.1. The molecule has 0 amide bonds. The quantitative estimate of drug-likeness (QED) is 0.778. The lowest BCUT2D eigenvalue weighted by Gasteiger charge is -2.31. The lowest BCUT2D eigenvalue weighted by molar-refractivity contribution is -0.213. The van der Waals surface area contributed by atoms with Crippen LogP contribution in [0.5, 0.6) is 0 Å². The van der Waals surface area contributed by atoms with Gasteiger partial charge in [-0.05, 0) is 24.5 Å². The lowest BCUT2D eigenvalue weighted by atomic mass is 9.93. The van der Waals surface area contributed by atoms with Crippen molar-refractivity contribution >= 4 is 0 Å². The van der Waals surface area contributed by atoms with Crippen LogP contribution in [0.2, 0.25) is 0 Å². The second-order valence-electron chi connectivity index (χ2n) is 4.00. The van der Waals surface area contributed by atoms with E-state index in [4.69, 9.17) is 9.47 Å². The highest BCUT2D eigenvalue weighted by Gasteiger charge is 2.34. The van der Waals surface area contributed by atoms with Crippen molar-refractivity contribution in [1.29, 1.82) is 0 Å². The highest BCUT2D eigenvalue weighted by molar-refractivity contribution is 5.28. The summed E-state index contributed by atoms with van der Waals surface area (Å²) in [7, 11) is 3.04. The first-order valence-electron chi connectivity index (χ1n) is 5.43. The number of hydrogen-bond acceptors (Lipinski definition) is 3. The molecule has 1 atom stereocenters. The van der Waals surface area contributed by atoms with Crippen molar-refractivity contribution in [3.8, 4) is 0 Å². The van der Waals surface area contributed by atoms with Crippen molar-refractivity contribution in [2.45, 2.75) is 32.2 Å². The SMILES string of the molecule is CCc1cccc(C(C)(O)C(OC)OC)c1. The molecule has 3 nitrogen and oxygen atoms in total. The predicted octanol–water partition coefficient (Wildman–Crippen LogP) is 2.08. The highest BCUT2D eigenvalue weighted by atomic mass is 16.7. The molecule has 0 aliphatic carbocycles. The Labute approximate surface area is 97.0 Å². The van der Waals surface area contributed by atoms with Crippen LogP contribution >= 0.6 is 0 Å². The minimum atomic E-state index is -1.14. The van der Waals surface area contributed by atoms with Crippen LogP contribution in [0.4, 0.5) is 0 Å². The Balaban J connectivity index is 3.04. The van der Waals surface area contributed by atoms with Gasteiger partial charge < -0.3 is 14.6 Å². The molecule has 0 fully saturated rings. The summed E-state index contributed by atoms with van der Waals surface area (Å²) < 4.78 is 10.2. The molecule has 1 unspecified atom stereocenters. The molecule has 1 N–H and O–H groups in total. The maximum absolute atomic E-state index is 10.4. The second kappa shape index (κ2) is 5.43. The van der Waals surface area contributed by atoms with E-state index >= 15 is 0 Å². The zero-order chi connectivity index (χ0) is 12.2. The van der Waals surface area contributed by atoms with Crippen molar-refractivity contribution in [3.63, 3.8) is 0 Å². The Kier molecular flexibility index (Phi) is 4.47. The summed E-state index contributed by atoms with van der Waals surface area (Å²) in [6, 6.07) is 7.83. The Hall–Kier alpha value is -0.900. The Morgan fingerprint density at radius 1 is 1.31 bits per heavy atom. The van der Waals surface area contributed by atoms with Gasteiger partial charge in [0.15, 0.2) is 6.29 Å². The Morgan fingerprint density at radius 3 is 2.44 bits per heavy atom. The molecule has 0 aliphatic heterocycles. The van der Waals surface area contributed by atoms with Gasteiger partial charge in [-0.2, -0.15) is 0 Å². The zero-order valence-corrected chi connectivity index (χ0v) is 10.4. The van der Waals surface area contributed by atoms with Crippen molar-refractivity contribution in [2.24, 2.45) is 0 Å². The number of rotatable bonds is 5. The summed E-state index contributed by atoms with van der Waals surface area (Å²) in [6.45, 7) is 3.78. The second-order valence-corrected chi connectivity index (χ2v) is 4.00. The summed E-state index contributed by atoms with van der Waals surface area (Å²) in [4.78, 5) is 0. The molecular formula is C13H20O3. The number of hydrogen-bond donors (Lipinski definition) is 1. The van der Waals surface area contributed by atoms with Crippen LogP contribution < -0.4 is 0 Å². The van der Waals surface area contributed by atoms with E-state index in [1.807, 2.05) is 24.3 Å². The van der Waals surface area contributed by atoms with Crippen LogP contribution in [0.3, 0.4) is 0 Å². The summed E-state index contributed by atoms with van der Waals surface area (Å²) in [5, 5.41) is 10.4. The van der Waals surface area contributed by atoms with Crippen molar-refractivity contribution in [2.75, 3.05) is 14.2 Å². The fourth-order valence-electron chi connectivity index (χ4n) is 1.80. The number of methoxy groups -OCH3 is 2. The molecule has 90 valence electrons. The highest BCUT2D eigenvalue weighted by Crippen LogP contribution is 2.27. The molecule has 3 heteroatoms. The van der Waals surface area contributed by atoms with Gasteiger partial charge in [0.05, 0.1) is 0 Å². The number of aryl methyl sites for hydroxylation is 1. The largest absolute Gasteiger partial charge is 0.380 e. The minimum absolute atomic E-state index is 0.667. The van der Waals surface area contributed by atoms with Gasteiger partial charge in [-0.1, -0.05) is 31.2 Å². The van der Waals surface area contributed by atoms with Gasteiger partial charge in [0.2, 0.25) is 0 Å². The molecule has 0 heterocycles. The molecule has 16 heavy (non-hydrogen) atoms. The molecule has 0 spiro atoms. The molecule has 1 aromatic carbocycles. The average Bonchev–Trinajstić information content (AvgIpc) is 2.30. The Bertz CT molecular complexity index is 330. The standard InChI is InChI=1S/C13H20O3/c1-5-10-7-6-8-11(9-10)13(2,14)12(15-3)16-4/h6-9,12,14H,5H2,1-4H3. The van der Waals surface area contributed by atoms with E-state index < -0.39 is 11.9 Å². The monoisotopic (exact) mass is 224 g/mol. The molecule has 0 radical (unpaired) electrons. The van der Waals surface area contributed by atoms with Gasteiger partial charge in [0, 0.05) is 14.2 Å². The average molecular weight is 224 g/mol. The van der Waals surface area contributed by atoms with E-state index in [9.17, 15) is 5.11 Å². The van der Waals surface area contributed by atoms with E-state index in [0.29, 0.717) is 0 Å². The summed E-state index contributed by atoms with van der Waals surface area (Å²) in [5.74, 6) is 0. The lowest BCUT2D eigenvalue weighted by Crippen LogP contribution is -2.39. The molecule has 0 bridgehead atoms. The molecule has 0 saturated heterocycles. The maximum Gasteiger partial charge on any atom is 0.189 e. The van der Waals surface area contributed by atoms with Crippen molar-refractivity contribution in [1.82, 2.24) is 0 Å². The maximum atomic E-state index is 10.4. The van der Waals surface area contributed by atoms with Crippen molar-refractivity contribution < 1.29 is 14.6 Å². The van der Waals surface area contributed by atoms with E-state index in [0.717, 1.165) is 12.0 Å². The topological polar surface area (TPSA) is 38.7 Å². The molecular weight excluding hydrogens is 204 g/mol. The fourth-order valence-corrected chi connectivity index (χ4v) is 1.80. The first-order chi connectivity index (χ1) is 7.56. The molecule has 0 aromatic heterocycles. The first kappa shape index (κ1) is 13.2. The van der Waals surface area contributed by atoms with Gasteiger partial charge >= 0.3 is 0 Å². The Morgan fingerprint density at radius 2 is 1.94 bits per heavy atom. The third-order valence-corrected chi connectivity index (χ3v) is 2.81. The third-order valence-electron chi connectivity index (χ3n) is 2.81. The van der Waals surface area contributed by atoms with E-state index in [1.54, 1.807) is 6.92 Å². The third kappa shape index (κ3) is 2.61. The van der Waals surface area contributed by atoms with Crippen LogP contribution in [-0.2, 0) is 21.5 Å². The van der Waals surface area contributed by atoms with E-state index in [-0.39, 0.29) is 0 Å². The van der Waals surface area contributed by atoms with Crippen LogP contribution in [-0.4, -0.2) is 25.6 Å². The van der Waals surface area contributed by atoms with E-state index in [1.165, 1.54) is 19.8 Å². The smallest absolute Gasteiger partial charge is 0.189 e. The van der Waals surface area contributed by atoms with Gasteiger partial charge in [-0.15, -0.1) is 0 Å². The van der Waals surface area contributed by atoms with Crippen LogP contribution in [0.25, 0.3) is 0 Å². The van der Waals surface area contributed by atoms with E-state index in [2.05, 4.69) is 6.92 Å². The number of benzene rings is 1. The fraction of sp³-hybridized carbons (Fsp3) is 0.538. The van der Waals surface area contributed by atoms with Gasteiger partial charge in [0.25, 0.3) is 0 Å². The molecule has 0 saturated carbocycles. The number of aliphatic hydroxyl groups is 1. The summed E-state index contributed by atoms with van der Waals surface area (Å²) >= 11 is 0. The molecule has 1 aromatic rings. The van der Waals surface area contributed by atoms with Gasteiger partial charge in [-0.3, -0.25) is 0 Å². The van der Waals surface area contributed by atoms with Crippen LogP contribution in [0, 0.1) is 0 Å². The summed E-state index contributed by atoms with van der Waals surface area (Å²) in [5.41, 5.74) is 0.846. The van der Waals surface area contributed by atoms with Gasteiger partial charge in [-0.25, -0.2) is 0 Å². The minimum Gasteiger partial charge on any atom is -0.380 e. The number of ether oxygens (including phenoxy) is 2. The van der Waals surface area contributed by atoms with Crippen molar-refractivity contribution in [3.05, 3.63) is 35.4 Å². The summed E-state index contributed by atoms with van der Waals surface area (Å²) in [6.07, 6.45) is 0.272. The molecule has 1 rings (SSSR count).